The van der Waals surface area contributed by atoms with Crippen molar-refractivity contribution in [2.75, 3.05) is 18.1 Å². The van der Waals surface area contributed by atoms with E-state index in [1.54, 1.807) is 7.05 Å². The number of hydrogen-bond donors (Lipinski definition) is 3. The molecule has 0 saturated carbocycles. The van der Waals surface area contributed by atoms with E-state index in [2.05, 4.69) is 41.6 Å². The van der Waals surface area contributed by atoms with Crippen LogP contribution in [0.5, 0.6) is 0 Å². The van der Waals surface area contributed by atoms with Crippen molar-refractivity contribution in [3.63, 3.8) is 0 Å². The van der Waals surface area contributed by atoms with Gasteiger partial charge in [0, 0.05) is 13.6 Å². The summed E-state index contributed by atoms with van der Waals surface area (Å²) in [5, 5.41) is 6.38. The number of carbonyl (C=O) groups excluding carboxylic acids is 1. The van der Waals surface area contributed by atoms with E-state index < -0.39 is 0 Å². The molecule has 0 aliphatic heterocycles. The Morgan fingerprint density at radius 3 is 2.52 bits per heavy atom. The molecule has 0 fully saturated rings. The lowest BCUT2D eigenvalue weighted by Crippen LogP contribution is -2.22. The Morgan fingerprint density at radius 2 is 2.00 bits per heavy atom. The van der Waals surface area contributed by atoms with Gasteiger partial charge in [-0.3, -0.25) is 4.79 Å². The monoisotopic (exact) mass is 304 g/mol. The molecule has 1 aromatic heterocycles. The number of benzene rings is 1. The van der Waals surface area contributed by atoms with Crippen molar-refractivity contribution >= 4 is 28.2 Å². The number of amides is 1. The highest BCUT2D eigenvalue weighted by Gasteiger charge is 2.15. The van der Waals surface area contributed by atoms with Crippen molar-refractivity contribution in [2.45, 2.75) is 26.3 Å². The van der Waals surface area contributed by atoms with Crippen LogP contribution in [0, 0.1) is 0 Å². The van der Waals surface area contributed by atoms with Gasteiger partial charge in [0.05, 0.1) is 0 Å². The number of nitrogens with two attached hydrogens (primary N) is 1. The van der Waals surface area contributed by atoms with Crippen molar-refractivity contribution < 1.29 is 4.79 Å². The minimum absolute atomic E-state index is 0.195. The van der Waals surface area contributed by atoms with Crippen LogP contribution in [0.4, 0.5) is 10.9 Å². The summed E-state index contributed by atoms with van der Waals surface area (Å²) in [5.74, 6) is 0.571. The molecule has 6 heteroatoms. The molecule has 0 bridgehead atoms. The van der Waals surface area contributed by atoms with Crippen LogP contribution >= 0.6 is 11.3 Å². The first-order chi connectivity index (χ1) is 10.0. The number of rotatable bonds is 5. The summed E-state index contributed by atoms with van der Waals surface area (Å²) in [5.41, 5.74) is 8.09. The van der Waals surface area contributed by atoms with Gasteiger partial charge in [0.15, 0.2) is 5.13 Å². The third-order valence-electron chi connectivity index (χ3n) is 3.17. The highest BCUT2D eigenvalue weighted by atomic mass is 32.1. The van der Waals surface area contributed by atoms with Crippen LogP contribution in [0.15, 0.2) is 24.3 Å². The summed E-state index contributed by atoms with van der Waals surface area (Å²) in [6, 6.07) is 8.24. The molecule has 2 rings (SSSR count). The largest absolute Gasteiger partial charge is 0.382 e. The van der Waals surface area contributed by atoms with Crippen LogP contribution < -0.4 is 16.4 Å². The SMILES string of the molecule is CNc1nc(N)c(C(=O)NCc2ccc(C(C)C)cc2)s1. The van der Waals surface area contributed by atoms with E-state index in [1.807, 2.05) is 12.1 Å². The third-order valence-corrected chi connectivity index (χ3v) is 4.26. The third kappa shape index (κ3) is 3.72. The molecule has 5 nitrogen and oxygen atoms in total. The fourth-order valence-electron chi connectivity index (χ4n) is 1.88. The van der Waals surface area contributed by atoms with Crippen molar-refractivity contribution in [3.8, 4) is 0 Å². The Morgan fingerprint density at radius 1 is 1.33 bits per heavy atom. The maximum absolute atomic E-state index is 12.1. The number of aromatic nitrogens is 1. The number of carbonyl (C=O) groups is 1. The molecule has 0 atom stereocenters. The topological polar surface area (TPSA) is 80.0 Å². The summed E-state index contributed by atoms with van der Waals surface area (Å²) in [6.07, 6.45) is 0. The van der Waals surface area contributed by atoms with Gasteiger partial charge in [-0.2, -0.15) is 0 Å². The second kappa shape index (κ2) is 6.58. The minimum Gasteiger partial charge on any atom is -0.382 e. The zero-order valence-corrected chi connectivity index (χ0v) is 13.3. The standard InChI is InChI=1S/C15H20N4OS/c1-9(2)11-6-4-10(5-7-11)8-18-14(20)12-13(16)19-15(17-3)21-12/h4-7,9H,8,16H2,1-3H3,(H,17,19)(H,18,20). The Kier molecular flexibility index (Phi) is 4.80. The van der Waals surface area contributed by atoms with Gasteiger partial charge in [-0.25, -0.2) is 4.98 Å². The number of nitrogen functional groups attached to an aromatic ring is 1. The van der Waals surface area contributed by atoms with E-state index in [4.69, 9.17) is 5.73 Å². The highest BCUT2D eigenvalue weighted by Crippen LogP contribution is 2.24. The van der Waals surface area contributed by atoms with E-state index in [9.17, 15) is 4.79 Å². The zero-order valence-electron chi connectivity index (χ0n) is 12.4. The average Bonchev–Trinajstić information content (AvgIpc) is 2.86. The molecular weight excluding hydrogens is 284 g/mol. The first-order valence-corrected chi connectivity index (χ1v) is 7.64. The Labute approximate surface area is 128 Å². The van der Waals surface area contributed by atoms with Gasteiger partial charge in [0.25, 0.3) is 5.91 Å². The smallest absolute Gasteiger partial charge is 0.265 e. The molecule has 2 aromatic rings. The van der Waals surface area contributed by atoms with Gasteiger partial charge in [0.1, 0.15) is 10.7 Å². The summed E-state index contributed by atoms with van der Waals surface area (Å²) in [4.78, 5) is 16.6. The Hall–Kier alpha value is -2.08. The molecule has 4 N–H and O–H groups in total. The first-order valence-electron chi connectivity index (χ1n) is 6.82. The van der Waals surface area contributed by atoms with Crippen LogP contribution in [0.25, 0.3) is 0 Å². The van der Waals surface area contributed by atoms with Gasteiger partial charge in [-0.1, -0.05) is 49.4 Å². The van der Waals surface area contributed by atoms with Crippen molar-refractivity contribution in [1.29, 1.82) is 0 Å². The number of nitrogens with zero attached hydrogens (tertiary/aromatic N) is 1. The second-order valence-electron chi connectivity index (χ2n) is 5.06. The number of thiazole rings is 1. The molecule has 0 radical (unpaired) electrons. The summed E-state index contributed by atoms with van der Waals surface area (Å²) >= 11 is 1.25. The predicted molar refractivity (Wildman–Crippen MR) is 87.8 cm³/mol. The maximum atomic E-state index is 12.1. The molecule has 0 saturated heterocycles. The molecule has 112 valence electrons. The van der Waals surface area contributed by atoms with E-state index in [0.717, 1.165) is 5.56 Å². The fraction of sp³-hybridized carbons (Fsp3) is 0.333. The maximum Gasteiger partial charge on any atom is 0.265 e. The van der Waals surface area contributed by atoms with Crippen molar-refractivity contribution in [3.05, 3.63) is 40.3 Å². The van der Waals surface area contributed by atoms with Crippen LogP contribution in [0.1, 0.15) is 40.6 Å². The Balaban J connectivity index is 1.98. The molecule has 0 aliphatic rings. The molecule has 1 amide bonds. The summed E-state index contributed by atoms with van der Waals surface area (Å²) < 4.78 is 0. The number of hydrogen-bond acceptors (Lipinski definition) is 5. The van der Waals surface area contributed by atoms with Gasteiger partial charge < -0.3 is 16.4 Å². The van der Waals surface area contributed by atoms with Gasteiger partial charge in [-0.15, -0.1) is 0 Å². The molecular formula is C15H20N4OS. The van der Waals surface area contributed by atoms with E-state index >= 15 is 0 Å². The molecule has 21 heavy (non-hydrogen) atoms. The normalized spacial score (nSPS) is 10.7. The van der Waals surface area contributed by atoms with E-state index in [-0.39, 0.29) is 11.7 Å². The van der Waals surface area contributed by atoms with E-state index in [1.165, 1.54) is 16.9 Å². The minimum atomic E-state index is -0.195. The van der Waals surface area contributed by atoms with Gasteiger partial charge >= 0.3 is 0 Å². The van der Waals surface area contributed by atoms with Gasteiger partial charge in [0.2, 0.25) is 0 Å². The van der Waals surface area contributed by atoms with Crippen LogP contribution in [0.3, 0.4) is 0 Å². The molecule has 1 heterocycles. The number of anilines is 2. The van der Waals surface area contributed by atoms with Crippen molar-refractivity contribution in [2.24, 2.45) is 0 Å². The lowest BCUT2D eigenvalue weighted by Gasteiger charge is -2.08. The first kappa shape index (κ1) is 15.3. The average molecular weight is 304 g/mol. The fourth-order valence-corrected chi connectivity index (χ4v) is 2.64. The lowest BCUT2D eigenvalue weighted by atomic mass is 10.0. The summed E-state index contributed by atoms with van der Waals surface area (Å²) in [7, 11) is 1.75. The Bertz CT molecular complexity index is 619. The van der Waals surface area contributed by atoms with Crippen molar-refractivity contribution in [1.82, 2.24) is 10.3 Å². The zero-order chi connectivity index (χ0) is 15.4. The number of nitrogens with one attached hydrogen (secondary N) is 2. The molecule has 0 spiro atoms. The quantitative estimate of drug-likeness (QED) is 0.793. The van der Waals surface area contributed by atoms with Crippen LogP contribution in [-0.4, -0.2) is 17.9 Å². The highest BCUT2D eigenvalue weighted by molar-refractivity contribution is 7.18. The lowest BCUT2D eigenvalue weighted by molar-refractivity contribution is 0.0955. The predicted octanol–water partition coefficient (Wildman–Crippen LogP) is 2.82. The molecule has 0 unspecified atom stereocenters. The van der Waals surface area contributed by atoms with Crippen LogP contribution in [0.2, 0.25) is 0 Å². The summed E-state index contributed by atoms with van der Waals surface area (Å²) in [6.45, 7) is 4.79. The van der Waals surface area contributed by atoms with Gasteiger partial charge in [-0.05, 0) is 17.0 Å². The van der Waals surface area contributed by atoms with E-state index in [0.29, 0.717) is 22.5 Å². The second-order valence-corrected chi connectivity index (χ2v) is 6.06. The molecule has 0 aliphatic carbocycles. The van der Waals surface area contributed by atoms with Crippen LogP contribution in [-0.2, 0) is 6.54 Å². The molecule has 1 aromatic carbocycles.